The topological polar surface area (TPSA) is 75.7 Å². The Morgan fingerprint density at radius 2 is 1.85 bits per heavy atom. The zero-order valence-corrected chi connectivity index (χ0v) is 17.5. The molecule has 0 aliphatic carbocycles. The lowest BCUT2D eigenvalue weighted by molar-refractivity contribution is -0.116. The molecule has 0 radical (unpaired) electrons. The Labute approximate surface area is 165 Å². The third-order valence-electron chi connectivity index (χ3n) is 4.12. The summed E-state index contributed by atoms with van der Waals surface area (Å²) in [6.07, 6.45) is 1.06. The van der Waals surface area contributed by atoms with E-state index in [1.807, 2.05) is 19.9 Å². The van der Waals surface area contributed by atoms with Gasteiger partial charge >= 0.3 is 0 Å². The van der Waals surface area contributed by atoms with Gasteiger partial charge in [0.2, 0.25) is 15.9 Å². The van der Waals surface area contributed by atoms with Crippen molar-refractivity contribution in [3.05, 3.63) is 52.5 Å². The minimum Gasteiger partial charge on any atom is -0.495 e. The van der Waals surface area contributed by atoms with Gasteiger partial charge in [-0.2, -0.15) is 0 Å². The maximum atomic E-state index is 12.8. The van der Waals surface area contributed by atoms with Crippen molar-refractivity contribution in [3.8, 4) is 5.75 Å². The molecule has 0 aliphatic heterocycles. The summed E-state index contributed by atoms with van der Waals surface area (Å²) in [6.45, 7) is 5.19. The van der Waals surface area contributed by atoms with E-state index in [0.717, 1.165) is 21.7 Å². The monoisotopic (exact) mass is 410 g/mol. The first kappa shape index (κ1) is 21.1. The quantitative estimate of drug-likeness (QED) is 0.786. The number of halogens is 1. The minimum absolute atomic E-state index is 0.311. The molecule has 1 amide bonds. The van der Waals surface area contributed by atoms with Crippen molar-refractivity contribution in [1.29, 1.82) is 0 Å². The summed E-state index contributed by atoms with van der Waals surface area (Å²) in [5.74, 6) is -0.112. The van der Waals surface area contributed by atoms with E-state index < -0.39 is 22.0 Å². The number of nitrogens with zero attached hydrogens (tertiary/aromatic N) is 1. The average molecular weight is 411 g/mol. The fourth-order valence-corrected chi connectivity index (χ4v) is 4.06. The molecule has 146 valence electrons. The van der Waals surface area contributed by atoms with E-state index in [0.29, 0.717) is 22.1 Å². The summed E-state index contributed by atoms with van der Waals surface area (Å²) < 4.78 is 31.4. The molecule has 0 aliphatic rings. The summed E-state index contributed by atoms with van der Waals surface area (Å²) >= 11 is 5.99. The summed E-state index contributed by atoms with van der Waals surface area (Å²) in [5, 5.41) is 3.23. The lowest BCUT2D eigenvalue weighted by Gasteiger charge is -2.29. The first-order chi connectivity index (χ1) is 12.5. The number of hydrogen-bond donors (Lipinski definition) is 1. The van der Waals surface area contributed by atoms with Gasteiger partial charge in [0.25, 0.3) is 0 Å². The molecule has 0 saturated heterocycles. The highest BCUT2D eigenvalue weighted by Gasteiger charge is 2.31. The van der Waals surface area contributed by atoms with Gasteiger partial charge in [-0.15, -0.1) is 0 Å². The van der Waals surface area contributed by atoms with E-state index in [4.69, 9.17) is 16.3 Å². The zero-order chi connectivity index (χ0) is 20.4. The standard InChI is InChI=1S/C19H23ClN2O4S/c1-12-6-9-18(26-4)17(10-12)22(27(5,24)25)14(3)19(23)21-16-11-15(20)8-7-13(16)2/h6-11,14H,1-5H3,(H,21,23). The lowest BCUT2D eigenvalue weighted by atomic mass is 10.1. The molecule has 8 heteroatoms. The van der Waals surface area contributed by atoms with Crippen LogP contribution in [0.5, 0.6) is 5.75 Å². The first-order valence-corrected chi connectivity index (χ1v) is 10.5. The SMILES string of the molecule is COc1ccc(C)cc1N(C(C)C(=O)Nc1cc(Cl)ccc1C)S(C)(=O)=O. The fourth-order valence-electron chi connectivity index (χ4n) is 2.72. The number of methoxy groups -OCH3 is 1. The van der Waals surface area contributed by atoms with Crippen molar-refractivity contribution in [2.75, 3.05) is 23.0 Å². The molecule has 1 unspecified atom stereocenters. The molecular formula is C19H23ClN2O4S. The Morgan fingerprint density at radius 3 is 2.44 bits per heavy atom. The van der Waals surface area contributed by atoms with E-state index in [-0.39, 0.29) is 0 Å². The number of aryl methyl sites for hydroxylation is 2. The van der Waals surface area contributed by atoms with Crippen molar-refractivity contribution in [3.63, 3.8) is 0 Å². The summed E-state index contributed by atoms with van der Waals surface area (Å²) in [4.78, 5) is 12.8. The Bertz CT molecular complexity index is 960. The third kappa shape index (κ3) is 4.93. The number of benzene rings is 2. The van der Waals surface area contributed by atoms with Crippen LogP contribution in [0.25, 0.3) is 0 Å². The average Bonchev–Trinajstić information content (AvgIpc) is 2.57. The van der Waals surface area contributed by atoms with Crippen LogP contribution in [-0.2, 0) is 14.8 Å². The smallest absolute Gasteiger partial charge is 0.248 e. The van der Waals surface area contributed by atoms with Gasteiger partial charge in [0.05, 0.1) is 19.1 Å². The number of rotatable bonds is 6. The highest BCUT2D eigenvalue weighted by molar-refractivity contribution is 7.92. The van der Waals surface area contributed by atoms with Crippen molar-refractivity contribution >= 4 is 38.9 Å². The molecule has 27 heavy (non-hydrogen) atoms. The van der Waals surface area contributed by atoms with Gasteiger partial charge in [-0.25, -0.2) is 8.42 Å². The van der Waals surface area contributed by atoms with Gasteiger partial charge < -0.3 is 10.1 Å². The van der Waals surface area contributed by atoms with E-state index in [1.165, 1.54) is 14.0 Å². The van der Waals surface area contributed by atoms with Crippen LogP contribution in [0.3, 0.4) is 0 Å². The maximum absolute atomic E-state index is 12.8. The van der Waals surface area contributed by atoms with E-state index in [9.17, 15) is 13.2 Å². The van der Waals surface area contributed by atoms with Gasteiger partial charge in [0.1, 0.15) is 11.8 Å². The van der Waals surface area contributed by atoms with E-state index >= 15 is 0 Å². The molecule has 0 heterocycles. The van der Waals surface area contributed by atoms with Gasteiger partial charge in [0.15, 0.2) is 0 Å². The molecule has 0 bridgehead atoms. The van der Waals surface area contributed by atoms with Crippen LogP contribution in [-0.4, -0.2) is 33.7 Å². The Kier molecular flexibility index (Phi) is 6.38. The Morgan fingerprint density at radius 1 is 1.19 bits per heavy atom. The molecule has 2 rings (SSSR count). The summed E-state index contributed by atoms with van der Waals surface area (Å²) in [5.41, 5.74) is 2.51. The van der Waals surface area contributed by atoms with Crippen LogP contribution in [0.4, 0.5) is 11.4 Å². The lowest BCUT2D eigenvalue weighted by Crippen LogP contribution is -2.45. The van der Waals surface area contributed by atoms with Gasteiger partial charge in [-0.1, -0.05) is 23.7 Å². The molecule has 0 saturated carbocycles. The van der Waals surface area contributed by atoms with Crippen LogP contribution in [0.2, 0.25) is 5.02 Å². The maximum Gasteiger partial charge on any atom is 0.248 e. The van der Waals surface area contributed by atoms with Crippen molar-refractivity contribution in [1.82, 2.24) is 0 Å². The van der Waals surface area contributed by atoms with Crippen LogP contribution in [0.15, 0.2) is 36.4 Å². The molecule has 1 N–H and O–H groups in total. The number of ether oxygens (including phenoxy) is 1. The molecule has 2 aromatic carbocycles. The normalized spacial score (nSPS) is 12.4. The third-order valence-corrected chi connectivity index (χ3v) is 5.58. The highest BCUT2D eigenvalue weighted by Crippen LogP contribution is 2.33. The largest absolute Gasteiger partial charge is 0.495 e. The van der Waals surface area contributed by atoms with Crippen LogP contribution in [0.1, 0.15) is 18.1 Å². The molecular weight excluding hydrogens is 388 g/mol. The number of carbonyl (C=O) groups excluding carboxylic acids is 1. The summed E-state index contributed by atoms with van der Waals surface area (Å²) in [7, 11) is -2.30. The van der Waals surface area contributed by atoms with Crippen molar-refractivity contribution < 1.29 is 17.9 Å². The van der Waals surface area contributed by atoms with E-state index in [2.05, 4.69) is 5.32 Å². The number of hydrogen-bond acceptors (Lipinski definition) is 4. The second kappa shape index (κ2) is 8.19. The van der Waals surface area contributed by atoms with Crippen LogP contribution in [0, 0.1) is 13.8 Å². The van der Waals surface area contributed by atoms with Gasteiger partial charge in [-0.05, 0) is 56.2 Å². The predicted molar refractivity (Wildman–Crippen MR) is 109 cm³/mol. The van der Waals surface area contributed by atoms with Crippen LogP contribution >= 0.6 is 11.6 Å². The number of anilines is 2. The Hall–Kier alpha value is -2.25. The Balaban J connectivity index is 2.44. The first-order valence-electron chi connectivity index (χ1n) is 8.25. The molecule has 2 aromatic rings. The molecule has 1 atom stereocenters. The number of amides is 1. The van der Waals surface area contributed by atoms with Crippen molar-refractivity contribution in [2.45, 2.75) is 26.8 Å². The number of nitrogens with one attached hydrogen (secondary N) is 1. The summed E-state index contributed by atoms with van der Waals surface area (Å²) in [6, 6.07) is 9.27. The fraction of sp³-hybridized carbons (Fsp3) is 0.316. The predicted octanol–water partition coefficient (Wildman–Crippen LogP) is 3.76. The van der Waals surface area contributed by atoms with Crippen LogP contribution < -0.4 is 14.4 Å². The van der Waals surface area contributed by atoms with E-state index in [1.54, 1.807) is 30.3 Å². The zero-order valence-electron chi connectivity index (χ0n) is 15.9. The second-order valence-corrected chi connectivity index (χ2v) is 8.65. The van der Waals surface area contributed by atoms with Crippen molar-refractivity contribution in [2.24, 2.45) is 0 Å². The molecule has 0 fully saturated rings. The molecule has 0 spiro atoms. The van der Waals surface area contributed by atoms with Gasteiger partial charge in [0, 0.05) is 10.7 Å². The number of carbonyl (C=O) groups is 1. The van der Waals surface area contributed by atoms with Gasteiger partial charge in [-0.3, -0.25) is 9.10 Å². The highest BCUT2D eigenvalue weighted by atomic mass is 35.5. The second-order valence-electron chi connectivity index (χ2n) is 6.36. The molecule has 6 nitrogen and oxygen atoms in total. The molecule has 0 aromatic heterocycles. The number of sulfonamides is 1. The minimum atomic E-state index is -3.76.